The van der Waals surface area contributed by atoms with Crippen molar-refractivity contribution in [3.8, 4) is 6.07 Å². The highest BCUT2D eigenvalue weighted by Crippen LogP contribution is 2.28. The third-order valence-corrected chi connectivity index (χ3v) is 3.73. The predicted molar refractivity (Wildman–Crippen MR) is 76.0 cm³/mol. The van der Waals surface area contributed by atoms with Gasteiger partial charge in [-0.25, -0.2) is 4.98 Å². The van der Waals surface area contributed by atoms with Crippen LogP contribution in [0.25, 0.3) is 0 Å². The molecule has 3 rings (SSSR count). The largest absolute Gasteiger partial charge is 0.363 e. The van der Waals surface area contributed by atoms with Gasteiger partial charge < -0.3 is 5.32 Å². The average Bonchev–Trinajstić information content (AvgIpc) is 3.16. The van der Waals surface area contributed by atoms with E-state index >= 15 is 0 Å². The van der Waals surface area contributed by atoms with Crippen LogP contribution in [0.2, 0.25) is 0 Å². The second-order valence-electron chi connectivity index (χ2n) is 5.09. The van der Waals surface area contributed by atoms with Gasteiger partial charge in [-0.05, 0) is 31.0 Å². The second-order valence-corrected chi connectivity index (χ2v) is 5.09. The smallest absolute Gasteiger partial charge is 0.144 e. The van der Waals surface area contributed by atoms with Gasteiger partial charge in [0.05, 0.1) is 23.8 Å². The number of pyridine rings is 1. The van der Waals surface area contributed by atoms with E-state index in [1.54, 1.807) is 18.3 Å². The zero-order valence-corrected chi connectivity index (χ0v) is 11.3. The summed E-state index contributed by atoms with van der Waals surface area (Å²) in [6.07, 6.45) is 8.80. The van der Waals surface area contributed by atoms with Gasteiger partial charge in [0.15, 0.2) is 0 Å². The second kappa shape index (κ2) is 5.74. The number of aromatic nitrogens is 3. The average molecular weight is 267 g/mol. The molecule has 0 spiro atoms. The van der Waals surface area contributed by atoms with E-state index < -0.39 is 0 Å². The summed E-state index contributed by atoms with van der Waals surface area (Å²) in [7, 11) is 0. The maximum atomic E-state index is 9.01. The van der Waals surface area contributed by atoms with Crippen LogP contribution >= 0.6 is 0 Å². The molecule has 0 aliphatic heterocycles. The van der Waals surface area contributed by atoms with Crippen molar-refractivity contribution in [2.24, 2.45) is 0 Å². The first-order valence-corrected chi connectivity index (χ1v) is 7.00. The zero-order valence-electron chi connectivity index (χ0n) is 11.3. The number of nitrogens with one attached hydrogen (secondary N) is 1. The number of hydrogen-bond acceptors (Lipinski definition) is 4. The van der Waals surface area contributed by atoms with Crippen LogP contribution in [0.4, 0.5) is 5.82 Å². The lowest BCUT2D eigenvalue weighted by Gasteiger charge is -2.09. The molecule has 2 aromatic heterocycles. The van der Waals surface area contributed by atoms with E-state index in [1.807, 2.05) is 6.07 Å². The molecule has 2 aromatic rings. The molecule has 0 bridgehead atoms. The summed E-state index contributed by atoms with van der Waals surface area (Å²) >= 11 is 0. The quantitative estimate of drug-likeness (QED) is 0.925. The highest BCUT2D eigenvalue weighted by atomic mass is 15.3. The van der Waals surface area contributed by atoms with Crippen molar-refractivity contribution in [2.45, 2.75) is 38.3 Å². The molecule has 2 heterocycles. The summed E-state index contributed by atoms with van der Waals surface area (Å²) < 4.78 is 2.08. The van der Waals surface area contributed by atoms with Gasteiger partial charge in [-0.15, -0.1) is 0 Å². The molecule has 0 amide bonds. The lowest BCUT2D eigenvalue weighted by atomic mass is 10.3. The van der Waals surface area contributed by atoms with Gasteiger partial charge in [-0.2, -0.15) is 10.4 Å². The molecule has 0 saturated heterocycles. The Morgan fingerprint density at radius 2 is 2.20 bits per heavy atom. The van der Waals surface area contributed by atoms with E-state index in [0.717, 1.165) is 5.69 Å². The molecule has 0 aromatic carbocycles. The van der Waals surface area contributed by atoms with Crippen LogP contribution in [0.5, 0.6) is 0 Å². The molecule has 1 aliphatic carbocycles. The van der Waals surface area contributed by atoms with Crippen LogP contribution < -0.4 is 5.32 Å². The fourth-order valence-electron chi connectivity index (χ4n) is 2.65. The van der Waals surface area contributed by atoms with Gasteiger partial charge in [0.25, 0.3) is 0 Å². The summed E-state index contributed by atoms with van der Waals surface area (Å²) in [4.78, 5) is 4.18. The molecular weight excluding hydrogens is 250 g/mol. The van der Waals surface area contributed by atoms with Crippen molar-refractivity contribution in [1.82, 2.24) is 14.8 Å². The Morgan fingerprint density at radius 1 is 1.35 bits per heavy atom. The Bertz CT molecular complexity index is 619. The van der Waals surface area contributed by atoms with Crippen LogP contribution in [-0.2, 0) is 6.54 Å². The molecule has 102 valence electrons. The van der Waals surface area contributed by atoms with E-state index in [-0.39, 0.29) is 0 Å². The maximum Gasteiger partial charge on any atom is 0.144 e. The third kappa shape index (κ3) is 2.64. The fourth-order valence-corrected chi connectivity index (χ4v) is 2.65. The molecule has 1 saturated carbocycles. The standard InChI is InChI=1S/C15H17N5/c16-10-12-4-3-8-17-15(12)18-11-13-7-9-20(19-13)14-5-1-2-6-14/h3-4,7-9,14H,1-2,5-6,11H2,(H,17,18). The van der Waals surface area contributed by atoms with Crippen LogP contribution in [0, 0.1) is 11.3 Å². The molecule has 5 heteroatoms. The SMILES string of the molecule is N#Cc1cccnc1NCc1ccn(C2CCCC2)n1. The van der Waals surface area contributed by atoms with Crippen molar-refractivity contribution < 1.29 is 0 Å². The molecule has 0 radical (unpaired) electrons. The van der Waals surface area contributed by atoms with Crippen LogP contribution in [-0.4, -0.2) is 14.8 Å². The summed E-state index contributed by atoms with van der Waals surface area (Å²) in [5.41, 5.74) is 1.54. The number of nitrogens with zero attached hydrogens (tertiary/aromatic N) is 4. The molecule has 0 unspecified atom stereocenters. The number of nitriles is 1. The summed E-state index contributed by atoms with van der Waals surface area (Å²) in [6, 6.07) is 8.24. The highest BCUT2D eigenvalue weighted by molar-refractivity contribution is 5.51. The first-order valence-electron chi connectivity index (χ1n) is 7.00. The first kappa shape index (κ1) is 12.7. The topological polar surface area (TPSA) is 66.5 Å². The van der Waals surface area contributed by atoms with Crippen molar-refractivity contribution in [3.05, 3.63) is 41.9 Å². The highest BCUT2D eigenvalue weighted by Gasteiger charge is 2.17. The van der Waals surface area contributed by atoms with Gasteiger partial charge in [-0.1, -0.05) is 12.8 Å². The number of hydrogen-bond donors (Lipinski definition) is 1. The van der Waals surface area contributed by atoms with Gasteiger partial charge in [-0.3, -0.25) is 4.68 Å². The van der Waals surface area contributed by atoms with E-state index in [9.17, 15) is 0 Å². The lowest BCUT2D eigenvalue weighted by molar-refractivity contribution is 0.463. The monoisotopic (exact) mass is 267 g/mol. The van der Waals surface area contributed by atoms with E-state index in [0.29, 0.717) is 24.0 Å². The summed E-state index contributed by atoms with van der Waals surface area (Å²) in [5.74, 6) is 0.616. The Kier molecular flexibility index (Phi) is 3.64. The van der Waals surface area contributed by atoms with E-state index in [4.69, 9.17) is 5.26 Å². The molecule has 0 atom stereocenters. The molecular formula is C15H17N5. The van der Waals surface area contributed by atoms with Gasteiger partial charge in [0, 0.05) is 12.4 Å². The lowest BCUT2D eigenvalue weighted by Crippen LogP contribution is -2.08. The van der Waals surface area contributed by atoms with Crippen LogP contribution in [0.3, 0.4) is 0 Å². The summed E-state index contributed by atoms with van der Waals surface area (Å²) in [5, 5.41) is 16.8. The molecule has 1 aliphatic rings. The maximum absolute atomic E-state index is 9.01. The normalized spacial score (nSPS) is 15.2. The minimum atomic E-state index is 0.558. The van der Waals surface area contributed by atoms with Gasteiger partial charge in [0.2, 0.25) is 0 Å². The van der Waals surface area contributed by atoms with Crippen LogP contribution in [0.15, 0.2) is 30.6 Å². The fraction of sp³-hybridized carbons (Fsp3) is 0.400. The minimum absolute atomic E-state index is 0.558. The van der Waals surface area contributed by atoms with Gasteiger partial charge >= 0.3 is 0 Å². The van der Waals surface area contributed by atoms with Gasteiger partial charge in [0.1, 0.15) is 11.9 Å². The minimum Gasteiger partial charge on any atom is -0.363 e. The van der Waals surface area contributed by atoms with E-state index in [2.05, 4.69) is 32.3 Å². The van der Waals surface area contributed by atoms with E-state index in [1.165, 1.54) is 25.7 Å². The summed E-state index contributed by atoms with van der Waals surface area (Å²) in [6.45, 7) is 0.589. The van der Waals surface area contributed by atoms with Crippen molar-refractivity contribution in [3.63, 3.8) is 0 Å². The van der Waals surface area contributed by atoms with Crippen LogP contribution in [0.1, 0.15) is 43.0 Å². The molecule has 20 heavy (non-hydrogen) atoms. The van der Waals surface area contributed by atoms with Crippen molar-refractivity contribution >= 4 is 5.82 Å². The molecule has 1 fully saturated rings. The Hall–Kier alpha value is -2.35. The number of anilines is 1. The molecule has 1 N–H and O–H groups in total. The zero-order chi connectivity index (χ0) is 13.8. The number of rotatable bonds is 4. The first-order chi connectivity index (χ1) is 9.86. The predicted octanol–water partition coefficient (Wildman–Crippen LogP) is 2.88. The Morgan fingerprint density at radius 3 is 3.00 bits per heavy atom. The Labute approximate surface area is 118 Å². The molecule has 5 nitrogen and oxygen atoms in total. The Balaban J connectivity index is 1.65. The van der Waals surface area contributed by atoms with Crippen molar-refractivity contribution in [2.75, 3.05) is 5.32 Å². The third-order valence-electron chi connectivity index (χ3n) is 3.73. The van der Waals surface area contributed by atoms with Crippen molar-refractivity contribution in [1.29, 1.82) is 5.26 Å².